The van der Waals surface area contributed by atoms with Gasteiger partial charge >= 0.3 is 0 Å². The van der Waals surface area contributed by atoms with Crippen LogP contribution >= 0.6 is 0 Å². The van der Waals surface area contributed by atoms with Gasteiger partial charge in [0.25, 0.3) is 0 Å². The lowest BCUT2D eigenvalue weighted by atomic mass is 10.0. The van der Waals surface area contributed by atoms with E-state index in [0.29, 0.717) is 0 Å². The molecule has 0 aliphatic carbocycles. The fourth-order valence-electron chi connectivity index (χ4n) is 1.28. The van der Waals surface area contributed by atoms with Crippen molar-refractivity contribution in [1.82, 2.24) is 4.90 Å². The van der Waals surface area contributed by atoms with E-state index >= 15 is 0 Å². The Morgan fingerprint density at radius 2 is 1.53 bits per heavy atom. The maximum absolute atomic E-state index is 10.1. The van der Waals surface area contributed by atoms with Gasteiger partial charge in [0.05, 0.1) is 0 Å². The number of hydrogen-bond donors (Lipinski definition) is 1. The van der Waals surface area contributed by atoms with Crippen LogP contribution in [-0.4, -0.2) is 24.9 Å². The number of hydrogen-bond acceptors (Lipinski definition) is 2. The van der Waals surface area contributed by atoms with E-state index < -0.39 is 0 Å². The number of anilines is 1. The highest BCUT2D eigenvalue weighted by Crippen LogP contribution is 2.17. The van der Waals surface area contributed by atoms with Crippen molar-refractivity contribution in [2.75, 3.05) is 19.8 Å². The molecule has 0 atom stereocenters. The summed E-state index contributed by atoms with van der Waals surface area (Å²) >= 11 is 0. The van der Waals surface area contributed by atoms with E-state index in [2.05, 4.69) is 32.0 Å². The molecule has 0 aliphatic rings. The zero-order chi connectivity index (χ0) is 13.4. The van der Waals surface area contributed by atoms with Crippen molar-refractivity contribution < 1.29 is 4.79 Å². The predicted molar refractivity (Wildman–Crippen MR) is 74.0 cm³/mol. The van der Waals surface area contributed by atoms with E-state index in [9.17, 15) is 4.79 Å². The summed E-state index contributed by atoms with van der Waals surface area (Å²) < 4.78 is 0. The van der Waals surface area contributed by atoms with Crippen molar-refractivity contribution in [2.24, 2.45) is 0 Å². The van der Waals surface area contributed by atoms with E-state index in [0.717, 1.165) is 18.5 Å². The number of benzene rings is 1. The summed E-state index contributed by atoms with van der Waals surface area (Å²) in [7, 11) is 3.45. The minimum Gasteiger partial charge on any atom is -0.398 e. The molecule has 3 heteroatoms. The number of aryl methyl sites for hydroxylation is 2. The minimum absolute atomic E-state index is 0.0926. The molecule has 1 aromatic rings. The molecule has 0 bridgehead atoms. The van der Waals surface area contributed by atoms with Crippen LogP contribution in [0.1, 0.15) is 31.9 Å². The Hall–Kier alpha value is -1.51. The number of amides is 1. The van der Waals surface area contributed by atoms with Gasteiger partial charge in [-0.1, -0.05) is 32.0 Å². The molecule has 2 N–H and O–H groups in total. The third-order valence-electron chi connectivity index (χ3n) is 2.68. The molecule has 0 saturated carbocycles. The molecule has 0 radical (unpaired) electrons. The molecule has 1 amide bonds. The van der Waals surface area contributed by atoms with Crippen LogP contribution in [0, 0.1) is 0 Å². The highest BCUT2D eigenvalue weighted by molar-refractivity contribution is 5.72. The first-order valence-electron chi connectivity index (χ1n) is 5.98. The smallest absolute Gasteiger partial charge is 0.218 e. The third-order valence-corrected chi connectivity index (χ3v) is 2.68. The average molecular weight is 236 g/mol. The van der Waals surface area contributed by atoms with E-state index in [1.807, 2.05) is 0 Å². The lowest BCUT2D eigenvalue weighted by Gasteiger charge is -2.06. The van der Waals surface area contributed by atoms with Gasteiger partial charge in [-0.05, 0) is 24.0 Å². The van der Waals surface area contributed by atoms with E-state index in [4.69, 9.17) is 5.73 Å². The van der Waals surface area contributed by atoms with Crippen LogP contribution in [0.15, 0.2) is 18.2 Å². The SMILES string of the molecule is CC(=O)N(C)C.CCc1cccc(CC)c1N. The molecule has 3 nitrogen and oxygen atoms in total. The highest BCUT2D eigenvalue weighted by Gasteiger charge is 1.99. The van der Waals surface area contributed by atoms with Crippen molar-refractivity contribution >= 4 is 11.6 Å². The number of rotatable bonds is 2. The van der Waals surface area contributed by atoms with Crippen molar-refractivity contribution in [1.29, 1.82) is 0 Å². The molecule has 0 heterocycles. The minimum atomic E-state index is 0.0926. The molecule has 0 unspecified atom stereocenters. The molecule has 0 aromatic heterocycles. The van der Waals surface area contributed by atoms with Gasteiger partial charge in [0.1, 0.15) is 0 Å². The van der Waals surface area contributed by atoms with Crippen LogP contribution in [0.4, 0.5) is 5.69 Å². The predicted octanol–water partition coefficient (Wildman–Crippen LogP) is 2.49. The first-order chi connectivity index (χ1) is 7.93. The van der Waals surface area contributed by atoms with Crippen LogP contribution in [-0.2, 0) is 17.6 Å². The molecular weight excluding hydrogens is 212 g/mol. The summed E-state index contributed by atoms with van der Waals surface area (Å²) in [5.41, 5.74) is 9.42. The Labute approximate surface area is 105 Å². The second-order valence-electron chi connectivity index (χ2n) is 4.11. The lowest BCUT2D eigenvalue weighted by molar-refractivity contribution is -0.126. The van der Waals surface area contributed by atoms with Gasteiger partial charge in [-0.3, -0.25) is 4.79 Å². The van der Waals surface area contributed by atoms with E-state index in [1.54, 1.807) is 14.1 Å². The first kappa shape index (κ1) is 15.5. The molecule has 1 rings (SSSR count). The summed E-state index contributed by atoms with van der Waals surface area (Å²) in [6.45, 7) is 5.79. The van der Waals surface area contributed by atoms with E-state index in [1.165, 1.54) is 23.0 Å². The summed E-state index contributed by atoms with van der Waals surface area (Å²) in [5, 5.41) is 0. The maximum atomic E-state index is 10.1. The van der Waals surface area contributed by atoms with Gasteiger partial charge < -0.3 is 10.6 Å². The zero-order valence-electron chi connectivity index (χ0n) is 11.6. The number of nitrogens with two attached hydrogens (primary N) is 1. The summed E-state index contributed by atoms with van der Waals surface area (Å²) in [6, 6.07) is 6.26. The van der Waals surface area contributed by atoms with Gasteiger partial charge in [-0.25, -0.2) is 0 Å². The van der Waals surface area contributed by atoms with Gasteiger partial charge in [0, 0.05) is 26.7 Å². The normalized spacial score (nSPS) is 9.24. The molecule has 0 aliphatic heterocycles. The van der Waals surface area contributed by atoms with Gasteiger partial charge in [0.15, 0.2) is 0 Å². The Morgan fingerprint density at radius 1 is 1.18 bits per heavy atom. The van der Waals surface area contributed by atoms with Gasteiger partial charge in [0.2, 0.25) is 5.91 Å². The van der Waals surface area contributed by atoms with Crippen molar-refractivity contribution in [3.05, 3.63) is 29.3 Å². The number of nitrogens with zero attached hydrogens (tertiary/aromatic N) is 1. The number of carbonyl (C=O) groups is 1. The third kappa shape index (κ3) is 5.38. The van der Waals surface area contributed by atoms with Crippen LogP contribution < -0.4 is 5.73 Å². The molecular formula is C14H24N2O. The monoisotopic (exact) mass is 236 g/mol. The Kier molecular flexibility index (Phi) is 7.03. The van der Waals surface area contributed by atoms with Crippen molar-refractivity contribution in [3.8, 4) is 0 Å². The second-order valence-corrected chi connectivity index (χ2v) is 4.11. The van der Waals surface area contributed by atoms with Crippen molar-refractivity contribution in [2.45, 2.75) is 33.6 Å². The Morgan fingerprint density at radius 3 is 1.76 bits per heavy atom. The molecule has 0 saturated heterocycles. The van der Waals surface area contributed by atoms with Crippen LogP contribution in [0.3, 0.4) is 0 Å². The average Bonchev–Trinajstić information content (AvgIpc) is 2.30. The van der Waals surface area contributed by atoms with Crippen LogP contribution in [0.2, 0.25) is 0 Å². The fourth-order valence-corrected chi connectivity index (χ4v) is 1.28. The number of carbonyl (C=O) groups excluding carboxylic acids is 1. The van der Waals surface area contributed by atoms with Crippen LogP contribution in [0.25, 0.3) is 0 Å². The number of para-hydroxylation sites is 1. The summed E-state index contributed by atoms with van der Waals surface area (Å²) in [5.74, 6) is 0.0926. The molecule has 0 spiro atoms. The molecule has 0 fully saturated rings. The quantitative estimate of drug-likeness (QED) is 0.802. The lowest BCUT2D eigenvalue weighted by Crippen LogP contribution is -2.17. The largest absolute Gasteiger partial charge is 0.398 e. The molecule has 1 aromatic carbocycles. The Bertz CT molecular complexity index is 337. The first-order valence-corrected chi connectivity index (χ1v) is 5.98. The second kappa shape index (κ2) is 7.71. The Balaban J connectivity index is 0.000000366. The highest BCUT2D eigenvalue weighted by atomic mass is 16.2. The standard InChI is InChI=1S/C10H15N.C4H9NO/c1-3-8-6-5-7-9(4-2)10(8)11;1-4(6)5(2)3/h5-7H,3-4,11H2,1-2H3;1-3H3. The summed E-state index contributed by atoms with van der Waals surface area (Å²) in [4.78, 5) is 11.6. The van der Waals surface area contributed by atoms with Gasteiger partial charge in [-0.15, -0.1) is 0 Å². The topological polar surface area (TPSA) is 46.3 Å². The van der Waals surface area contributed by atoms with Gasteiger partial charge in [-0.2, -0.15) is 0 Å². The molecule has 17 heavy (non-hydrogen) atoms. The van der Waals surface area contributed by atoms with E-state index in [-0.39, 0.29) is 5.91 Å². The van der Waals surface area contributed by atoms with Crippen LogP contribution in [0.5, 0.6) is 0 Å². The maximum Gasteiger partial charge on any atom is 0.218 e. The summed E-state index contributed by atoms with van der Waals surface area (Å²) in [6.07, 6.45) is 2.05. The molecule has 96 valence electrons. The number of nitrogen functional groups attached to an aromatic ring is 1. The fraction of sp³-hybridized carbons (Fsp3) is 0.500. The zero-order valence-corrected chi connectivity index (χ0v) is 11.6. The van der Waals surface area contributed by atoms with Crippen molar-refractivity contribution in [3.63, 3.8) is 0 Å².